The van der Waals surface area contributed by atoms with Gasteiger partial charge in [-0.2, -0.15) is 0 Å². The van der Waals surface area contributed by atoms with Crippen molar-refractivity contribution in [3.63, 3.8) is 0 Å². The Hall–Kier alpha value is -2.82. The summed E-state index contributed by atoms with van der Waals surface area (Å²) in [4.78, 5) is 25.1. The first-order valence-corrected chi connectivity index (χ1v) is 11.7. The Labute approximate surface area is 194 Å². The fourth-order valence-electron chi connectivity index (χ4n) is 6.04. The Morgan fingerprint density at radius 2 is 1.97 bits per heavy atom. The van der Waals surface area contributed by atoms with Crippen LogP contribution in [0.15, 0.2) is 18.5 Å². The molecule has 5 fully saturated rings. The van der Waals surface area contributed by atoms with E-state index in [4.69, 9.17) is 10.7 Å². The maximum absolute atomic E-state index is 12.8. The summed E-state index contributed by atoms with van der Waals surface area (Å²) in [5, 5.41) is 0. The molecular formula is C23H27F3N6O2. The van der Waals surface area contributed by atoms with Crippen LogP contribution in [0.25, 0.3) is 11.3 Å². The maximum atomic E-state index is 12.8. The number of rotatable bonds is 5. The lowest BCUT2D eigenvalue weighted by Crippen LogP contribution is -2.52. The molecule has 4 aliphatic carbocycles. The molecule has 1 atom stereocenters. The molecule has 2 N–H and O–H groups in total. The number of ether oxygens (including phenoxy) is 1. The fourth-order valence-corrected chi connectivity index (χ4v) is 6.04. The third-order valence-corrected chi connectivity index (χ3v) is 7.96. The largest absolute Gasteiger partial charge is 0.573 e. The Kier molecular flexibility index (Phi) is 4.68. The molecular weight excluding hydrogens is 449 g/mol. The van der Waals surface area contributed by atoms with Gasteiger partial charge in [0.2, 0.25) is 5.91 Å². The SMILES string of the molecule is CN1CCN(C2CC3(n4cc(-c5cnc(N)c(OC(F)(F)F)c5)nc4C4CC4)CC2C3)CC1=O. The maximum Gasteiger partial charge on any atom is 0.573 e. The van der Waals surface area contributed by atoms with E-state index >= 15 is 0 Å². The van der Waals surface area contributed by atoms with Crippen LogP contribution < -0.4 is 10.5 Å². The van der Waals surface area contributed by atoms with Gasteiger partial charge in [0.25, 0.3) is 0 Å². The summed E-state index contributed by atoms with van der Waals surface area (Å²) in [5.74, 6) is 1.26. The number of alkyl halides is 3. The number of piperazine rings is 1. The van der Waals surface area contributed by atoms with E-state index in [1.807, 2.05) is 13.2 Å². The molecule has 1 amide bonds. The smallest absolute Gasteiger partial charge is 0.402 e. The van der Waals surface area contributed by atoms with Crippen molar-refractivity contribution in [3.8, 4) is 17.0 Å². The second-order valence-corrected chi connectivity index (χ2v) is 10.2. The normalized spacial score (nSPS) is 29.4. The zero-order chi connectivity index (χ0) is 23.8. The molecule has 0 spiro atoms. The molecule has 2 aromatic heterocycles. The number of carbonyl (C=O) groups excluding carboxylic acids is 1. The van der Waals surface area contributed by atoms with Gasteiger partial charge >= 0.3 is 6.36 Å². The molecule has 1 aliphatic heterocycles. The molecule has 182 valence electrons. The summed E-state index contributed by atoms with van der Waals surface area (Å²) in [7, 11) is 1.85. The van der Waals surface area contributed by atoms with E-state index < -0.39 is 12.1 Å². The van der Waals surface area contributed by atoms with Crippen LogP contribution in [0.2, 0.25) is 0 Å². The van der Waals surface area contributed by atoms with Gasteiger partial charge in [-0.3, -0.25) is 9.69 Å². The Bertz CT molecular complexity index is 1140. The lowest BCUT2D eigenvalue weighted by molar-refractivity contribution is -0.274. The van der Waals surface area contributed by atoms with Gasteiger partial charge in [0.05, 0.1) is 12.2 Å². The van der Waals surface area contributed by atoms with Crippen molar-refractivity contribution >= 4 is 11.7 Å². The van der Waals surface area contributed by atoms with Crippen molar-refractivity contribution in [3.05, 3.63) is 24.3 Å². The molecule has 0 radical (unpaired) electrons. The van der Waals surface area contributed by atoms with Crippen LogP contribution in [0, 0.1) is 5.92 Å². The number of amides is 1. The Balaban J connectivity index is 1.29. The molecule has 4 saturated carbocycles. The van der Waals surface area contributed by atoms with E-state index in [0.717, 1.165) is 51.0 Å². The summed E-state index contributed by atoms with van der Waals surface area (Å²) in [6.07, 6.45) is 3.72. The van der Waals surface area contributed by atoms with E-state index in [0.29, 0.717) is 35.7 Å². The van der Waals surface area contributed by atoms with Crippen molar-refractivity contribution in [1.82, 2.24) is 24.3 Å². The number of likely N-dealkylation sites (N-methyl/N-ethyl adjacent to an activating group) is 1. The number of nitrogen functional groups attached to an aromatic ring is 1. The van der Waals surface area contributed by atoms with E-state index in [9.17, 15) is 18.0 Å². The highest BCUT2D eigenvalue weighted by Gasteiger charge is 2.60. The first-order chi connectivity index (χ1) is 16.1. The van der Waals surface area contributed by atoms with Gasteiger partial charge in [0.15, 0.2) is 11.6 Å². The van der Waals surface area contributed by atoms with Gasteiger partial charge in [-0.15, -0.1) is 13.2 Å². The van der Waals surface area contributed by atoms with Gasteiger partial charge < -0.3 is 19.9 Å². The molecule has 5 aliphatic rings. The van der Waals surface area contributed by atoms with Gasteiger partial charge in [-0.05, 0) is 44.1 Å². The standard InChI is InChI=1S/C23H27F3N6O2/c1-30-4-5-31(12-19(30)33)17-9-22(7-15(17)8-22)32-11-16(29-21(32)13-2-3-13)14-6-18(20(27)28-10-14)34-23(24,25)26/h6,10-11,13,15,17H,2-5,7-9,12H2,1H3,(H2,27,28). The minimum Gasteiger partial charge on any atom is -0.402 e. The number of pyridine rings is 1. The number of anilines is 1. The third kappa shape index (κ3) is 3.60. The average molecular weight is 477 g/mol. The topological polar surface area (TPSA) is 89.5 Å². The summed E-state index contributed by atoms with van der Waals surface area (Å²) in [5.41, 5.74) is 6.59. The lowest BCUT2D eigenvalue weighted by atomic mass is 9.76. The van der Waals surface area contributed by atoms with Crippen LogP contribution in [0.1, 0.15) is 43.8 Å². The van der Waals surface area contributed by atoms with Crippen LogP contribution in [-0.4, -0.2) is 69.3 Å². The number of fused-ring (bicyclic) bond motifs is 1. The average Bonchev–Trinajstić information content (AvgIpc) is 3.22. The first kappa shape index (κ1) is 21.7. The highest BCUT2D eigenvalue weighted by Crippen LogP contribution is 2.60. The number of hydrogen-bond donors (Lipinski definition) is 1. The molecule has 7 rings (SSSR count). The van der Waals surface area contributed by atoms with Gasteiger partial charge in [-0.1, -0.05) is 0 Å². The van der Waals surface area contributed by atoms with Gasteiger partial charge in [-0.25, -0.2) is 9.97 Å². The molecule has 2 aromatic rings. The highest BCUT2D eigenvalue weighted by molar-refractivity contribution is 5.78. The van der Waals surface area contributed by atoms with Gasteiger partial charge in [0.1, 0.15) is 5.82 Å². The molecule has 2 bridgehead atoms. The zero-order valence-electron chi connectivity index (χ0n) is 18.9. The van der Waals surface area contributed by atoms with Crippen LogP contribution in [-0.2, 0) is 10.3 Å². The third-order valence-electron chi connectivity index (χ3n) is 7.96. The lowest BCUT2D eigenvalue weighted by Gasteiger charge is -2.41. The van der Waals surface area contributed by atoms with Crippen molar-refractivity contribution in [2.75, 3.05) is 32.4 Å². The van der Waals surface area contributed by atoms with E-state index in [2.05, 4.69) is 19.2 Å². The number of nitrogens with two attached hydrogens (primary N) is 1. The number of hydrogen-bond acceptors (Lipinski definition) is 6. The number of imidazole rings is 1. The molecule has 11 heteroatoms. The van der Waals surface area contributed by atoms with Crippen molar-refractivity contribution < 1.29 is 22.7 Å². The molecule has 8 nitrogen and oxygen atoms in total. The minimum absolute atomic E-state index is 0.0442. The number of nitrogens with zero attached hydrogens (tertiary/aromatic N) is 5. The molecule has 34 heavy (non-hydrogen) atoms. The van der Waals surface area contributed by atoms with Gasteiger partial charge in [0, 0.05) is 55.6 Å². The van der Waals surface area contributed by atoms with Crippen molar-refractivity contribution in [2.24, 2.45) is 5.92 Å². The summed E-state index contributed by atoms with van der Waals surface area (Å²) < 4.78 is 44.7. The Morgan fingerprint density at radius 1 is 1.21 bits per heavy atom. The molecule has 1 unspecified atom stereocenters. The zero-order valence-corrected chi connectivity index (χ0v) is 18.9. The minimum atomic E-state index is -4.85. The molecule has 3 heterocycles. The monoisotopic (exact) mass is 476 g/mol. The quantitative estimate of drug-likeness (QED) is 0.714. The van der Waals surface area contributed by atoms with Crippen LogP contribution in [0.5, 0.6) is 5.75 Å². The predicted molar refractivity (Wildman–Crippen MR) is 117 cm³/mol. The van der Waals surface area contributed by atoms with Crippen molar-refractivity contribution in [1.29, 1.82) is 0 Å². The summed E-state index contributed by atoms with van der Waals surface area (Å²) in [6, 6.07) is 1.63. The van der Waals surface area contributed by atoms with Crippen LogP contribution >= 0.6 is 0 Å². The van der Waals surface area contributed by atoms with E-state index in [-0.39, 0.29) is 17.3 Å². The number of halogens is 3. The van der Waals surface area contributed by atoms with E-state index in [1.165, 1.54) is 12.3 Å². The Morgan fingerprint density at radius 3 is 2.65 bits per heavy atom. The fraction of sp³-hybridized carbons (Fsp3) is 0.609. The first-order valence-electron chi connectivity index (χ1n) is 11.7. The highest BCUT2D eigenvalue weighted by atomic mass is 19.4. The summed E-state index contributed by atoms with van der Waals surface area (Å²) in [6.45, 7) is 2.12. The number of carbonyl (C=O) groups is 1. The van der Waals surface area contributed by atoms with Crippen molar-refractivity contribution in [2.45, 2.75) is 56.0 Å². The van der Waals surface area contributed by atoms with E-state index in [1.54, 1.807) is 4.90 Å². The summed E-state index contributed by atoms with van der Waals surface area (Å²) >= 11 is 0. The van der Waals surface area contributed by atoms with Crippen LogP contribution in [0.3, 0.4) is 0 Å². The molecule has 1 saturated heterocycles. The number of aromatic nitrogens is 3. The second-order valence-electron chi connectivity index (χ2n) is 10.2. The predicted octanol–water partition coefficient (Wildman–Crippen LogP) is 2.95. The second kappa shape index (κ2) is 7.34. The molecule has 0 aromatic carbocycles. The van der Waals surface area contributed by atoms with Crippen LogP contribution in [0.4, 0.5) is 19.0 Å².